The van der Waals surface area contributed by atoms with E-state index in [-0.39, 0.29) is 18.0 Å². The topological polar surface area (TPSA) is 70.5 Å². The summed E-state index contributed by atoms with van der Waals surface area (Å²) in [7, 11) is 3.70. The van der Waals surface area contributed by atoms with Crippen molar-refractivity contribution in [3.63, 3.8) is 0 Å². The zero-order valence-electron chi connectivity index (χ0n) is 14.6. The van der Waals surface area contributed by atoms with Crippen molar-refractivity contribution < 1.29 is 9.59 Å². The van der Waals surface area contributed by atoms with Crippen LogP contribution in [-0.4, -0.2) is 63.7 Å². The van der Waals surface area contributed by atoms with Gasteiger partial charge in [0, 0.05) is 39.4 Å². The number of amides is 3. The number of carbonyl (C=O) groups is 2. The highest BCUT2D eigenvalue weighted by molar-refractivity contribution is 5.93. The maximum absolute atomic E-state index is 12.8. The maximum Gasteiger partial charge on any atom is 0.320 e. The number of hydrogen-bond acceptors (Lipinski definition) is 3. The van der Waals surface area contributed by atoms with Crippen molar-refractivity contribution in [1.29, 1.82) is 0 Å². The van der Waals surface area contributed by atoms with Crippen LogP contribution >= 0.6 is 0 Å². The lowest BCUT2D eigenvalue weighted by Crippen LogP contribution is -2.50. The minimum absolute atomic E-state index is 0.0852. The number of aromatic nitrogens is 2. The van der Waals surface area contributed by atoms with E-state index in [1.54, 1.807) is 24.1 Å². The molecule has 7 nitrogen and oxygen atoms in total. The fourth-order valence-electron chi connectivity index (χ4n) is 3.80. The predicted octanol–water partition coefficient (Wildman–Crippen LogP) is 1.61. The van der Waals surface area contributed by atoms with Gasteiger partial charge < -0.3 is 15.1 Å². The van der Waals surface area contributed by atoms with Crippen LogP contribution in [0.1, 0.15) is 48.9 Å². The Kier molecular flexibility index (Phi) is 5.06. The van der Waals surface area contributed by atoms with Crippen LogP contribution in [0.25, 0.3) is 0 Å². The highest BCUT2D eigenvalue weighted by atomic mass is 16.2. The summed E-state index contributed by atoms with van der Waals surface area (Å²) in [5.41, 5.74) is 0.552. The number of nitrogens with one attached hydrogen (secondary N) is 1. The van der Waals surface area contributed by atoms with E-state index in [1.807, 2.05) is 16.8 Å². The molecule has 24 heavy (non-hydrogen) atoms. The lowest BCUT2D eigenvalue weighted by Gasteiger charge is -2.33. The van der Waals surface area contributed by atoms with Gasteiger partial charge in [-0.25, -0.2) is 4.79 Å². The van der Waals surface area contributed by atoms with Crippen molar-refractivity contribution in [3.05, 3.63) is 18.0 Å². The first-order valence-corrected chi connectivity index (χ1v) is 8.86. The Morgan fingerprint density at radius 2 is 2.04 bits per heavy atom. The van der Waals surface area contributed by atoms with Crippen molar-refractivity contribution in [2.45, 2.75) is 50.6 Å². The molecule has 0 aromatic carbocycles. The molecule has 0 bridgehead atoms. The van der Waals surface area contributed by atoms with E-state index >= 15 is 0 Å². The van der Waals surface area contributed by atoms with Crippen LogP contribution in [0.4, 0.5) is 4.79 Å². The summed E-state index contributed by atoms with van der Waals surface area (Å²) in [6.07, 6.45) is 9.84. The first kappa shape index (κ1) is 16.8. The number of hydrogen-bond donors (Lipinski definition) is 1. The molecule has 1 saturated carbocycles. The van der Waals surface area contributed by atoms with E-state index in [0.717, 1.165) is 32.2 Å². The van der Waals surface area contributed by atoms with Crippen molar-refractivity contribution in [3.8, 4) is 0 Å². The third-order valence-electron chi connectivity index (χ3n) is 5.26. The standard InChI is InChI=1S/C17H27N5O2/c1-20-12-13(10-19-20)16(23)18-11-15-8-5-9-22(15)17(24)21(2)14-6-3-4-7-14/h10,12,14-15H,3-9,11H2,1-2H3,(H,18,23). The molecule has 3 amide bonds. The molecule has 1 aliphatic carbocycles. The largest absolute Gasteiger partial charge is 0.350 e. The molecule has 1 aliphatic heterocycles. The molecule has 1 aromatic heterocycles. The van der Waals surface area contributed by atoms with Gasteiger partial charge in [0.15, 0.2) is 0 Å². The molecule has 2 heterocycles. The molecule has 2 fully saturated rings. The van der Waals surface area contributed by atoms with Crippen LogP contribution in [0, 0.1) is 0 Å². The van der Waals surface area contributed by atoms with E-state index in [1.165, 1.54) is 12.8 Å². The summed E-state index contributed by atoms with van der Waals surface area (Å²) in [5, 5.41) is 6.96. The summed E-state index contributed by atoms with van der Waals surface area (Å²) < 4.78 is 1.61. The van der Waals surface area contributed by atoms with Crippen LogP contribution in [0.15, 0.2) is 12.4 Å². The van der Waals surface area contributed by atoms with Crippen LogP contribution in [0.3, 0.4) is 0 Å². The van der Waals surface area contributed by atoms with Gasteiger partial charge in [-0.15, -0.1) is 0 Å². The first-order valence-electron chi connectivity index (χ1n) is 8.86. The molecule has 1 N–H and O–H groups in total. The van der Waals surface area contributed by atoms with Gasteiger partial charge in [-0.2, -0.15) is 5.10 Å². The summed E-state index contributed by atoms with van der Waals surface area (Å²) in [5.74, 6) is -0.133. The van der Waals surface area contributed by atoms with E-state index < -0.39 is 0 Å². The average molecular weight is 333 g/mol. The van der Waals surface area contributed by atoms with Gasteiger partial charge in [-0.05, 0) is 25.7 Å². The van der Waals surface area contributed by atoms with E-state index in [4.69, 9.17) is 0 Å². The van der Waals surface area contributed by atoms with Crippen LogP contribution in [0.2, 0.25) is 0 Å². The quantitative estimate of drug-likeness (QED) is 0.910. The number of aryl methyl sites for hydroxylation is 1. The van der Waals surface area contributed by atoms with Crippen molar-refractivity contribution in [2.24, 2.45) is 7.05 Å². The number of nitrogens with zero attached hydrogens (tertiary/aromatic N) is 4. The molecule has 2 aliphatic rings. The predicted molar refractivity (Wildman–Crippen MR) is 90.7 cm³/mol. The SMILES string of the molecule is CN(C(=O)N1CCCC1CNC(=O)c1cnn(C)c1)C1CCCC1. The lowest BCUT2D eigenvalue weighted by atomic mass is 10.2. The first-order chi connectivity index (χ1) is 11.6. The Balaban J connectivity index is 1.55. The van der Waals surface area contributed by atoms with Gasteiger partial charge in [-0.1, -0.05) is 12.8 Å². The van der Waals surface area contributed by atoms with E-state index in [0.29, 0.717) is 18.2 Å². The molecule has 1 saturated heterocycles. The Bertz CT molecular complexity index is 594. The molecule has 0 radical (unpaired) electrons. The highest BCUT2D eigenvalue weighted by Crippen LogP contribution is 2.25. The Morgan fingerprint density at radius 3 is 2.71 bits per heavy atom. The van der Waals surface area contributed by atoms with Gasteiger partial charge in [0.2, 0.25) is 0 Å². The zero-order chi connectivity index (χ0) is 17.1. The van der Waals surface area contributed by atoms with E-state index in [2.05, 4.69) is 10.4 Å². The summed E-state index contributed by atoms with van der Waals surface area (Å²) >= 11 is 0. The molecule has 1 aromatic rings. The van der Waals surface area contributed by atoms with Gasteiger partial charge in [0.05, 0.1) is 17.8 Å². The normalized spacial score (nSPS) is 21.2. The minimum Gasteiger partial charge on any atom is -0.350 e. The average Bonchev–Trinajstić information content (AvgIpc) is 3.31. The van der Waals surface area contributed by atoms with Crippen molar-refractivity contribution >= 4 is 11.9 Å². The monoisotopic (exact) mass is 333 g/mol. The second kappa shape index (κ2) is 7.23. The highest BCUT2D eigenvalue weighted by Gasteiger charge is 2.33. The number of rotatable bonds is 4. The number of urea groups is 1. The van der Waals surface area contributed by atoms with Crippen molar-refractivity contribution in [1.82, 2.24) is 24.9 Å². The third kappa shape index (κ3) is 3.55. The molecule has 132 valence electrons. The minimum atomic E-state index is -0.133. The summed E-state index contributed by atoms with van der Waals surface area (Å²) in [6.45, 7) is 1.28. The van der Waals surface area contributed by atoms with Gasteiger partial charge in [0.25, 0.3) is 5.91 Å². The maximum atomic E-state index is 12.8. The van der Waals surface area contributed by atoms with Gasteiger partial charge in [-0.3, -0.25) is 9.48 Å². The second-order valence-corrected chi connectivity index (χ2v) is 6.93. The van der Waals surface area contributed by atoms with Crippen molar-refractivity contribution in [2.75, 3.05) is 20.1 Å². The zero-order valence-corrected chi connectivity index (χ0v) is 14.6. The molecule has 0 spiro atoms. The molecular formula is C17H27N5O2. The Hall–Kier alpha value is -2.05. The smallest absolute Gasteiger partial charge is 0.320 e. The van der Waals surface area contributed by atoms with Crippen LogP contribution in [0.5, 0.6) is 0 Å². The lowest BCUT2D eigenvalue weighted by molar-refractivity contribution is 0.0936. The molecule has 1 atom stereocenters. The Morgan fingerprint density at radius 1 is 1.29 bits per heavy atom. The van der Waals surface area contributed by atoms with Crippen LogP contribution < -0.4 is 5.32 Å². The van der Waals surface area contributed by atoms with Gasteiger partial charge >= 0.3 is 6.03 Å². The number of carbonyl (C=O) groups excluding carboxylic acids is 2. The second-order valence-electron chi connectivity index (χ2n) is 6.93. The molecule has 1 unspecified atom stereocenters. The summed E-state index contributed by atoms with van der Waals surface area (Å²) in [6, 6.07) is 0.575. The van der Waals surface area contributed by atoms with Crippen LogP contribution in [-0.2, 0) is 7.05 Å². The fraction of sp³-hybridized carbons (Fsp3) is 0.706. The van der Waals surface area contributed by atoms with E-state index in [9.17, 15) is 9.59 Å². The Labute approximate surface area is 143 Å². The van der Waals surface area contributed by atoms with Gasteiger partial charge in [0.1, 0.15) is 0 Å². The fourth-order valence-corrected chi connectivity index (χ4v) is 3.80. The molecule has 7 heteroatoms. The third-order valence-corrected chi connectivity index (χ3v) is 5.26. The molecular weight excluding hydrogens is 306 g/mol. The summed E-state index contributed by atoms with van der Waals surface area (Å²) in [4.78, 5) is 28.8. The number of likely N-dealkylation sites (tertiary alicyclic amines) is 1. The molecule has 3 rings (SSSR count).